The summed E-state index contributed by atoms with van der Waals surface area (Å²) < 4.78 is 11.2. The first-order valence-electron chi connectivity index (χ1n) is 11.3. The van der Waals surface area contributed by atoms with Gasteiger partial charge in [-0.3, -0.25) is 9.79 Å². The lowest BCUT2D eigenvalue weighted by molar-refractivity contribution is -0.142. The minimum Gasteiger partial charge on any atom is -0.381 e. The molecule has 3 heterocycles. The van der Waals surface area contributed by atoms with E-state index in [1.54, 1.807) is 0 Å². The molecule has 4 rings (SSSR count). The number of rotatable bonds is 4. The maximum Gasteiger partial charge on any atom is 0.251 e. The zero-order chi connectivity index (χ0) is 21.7. The molecule has 7 nitrogen and oxygen atoms in total. The SMILES string of the molecule is CN=C(NCC1(c2ccccc2Cl)CCOCC1)N1CCN(C(=O)C2CCCO2)CC1.I. The molecule has 0 aliphatic carbocycles. The Bertz CT molecular complexity index is 789. The van der Waals surface area contributed by atoms with Gasteiger partial charge in [0.15, 0.2) is 5.96 Å². The molecule has 1 atom stereocenters. The highest BCUT2D eigenvalue weighted by Gasteiger charge is 2.37. The number of ether oxygens (including phenoxy) is 2. The summed E-state index contributed by atoms with van der Waals surface area (Å²) in [5, 5.41) is 4.42. The number of hydrogen-bond donors (Lipinski definition) is 1. The first-order chi connectivity index (χ1) is 15.1. The molecule has 0 bridgehead atoms. The van der Waals surface area contributed by atoms with Crippen LogP contribution in [0.1, 0.15) is 31.2 Å². The number of nitrogens with one attached hydrogen (secondary N) is 1. The van der Waals surface area contributed by atoms with Crippen LogP contribution in [-0.2, 0) is 19.7 Å². The standard InChI is InChI=1S/C23H33ClN4O3.HI/c1-25-22(28-12-10-27(11-13-28)21(29)20-7-4-14-31-20)26-17-23(8-15-30-16-9-23)18-5-2-3-6-19(18)24;/h2-3,5-6,20H,4,7-17H2,1H3,(H,25,26);1H. The second kappa shape index (κ2) is 11.9. The van der Waals surface area contributed by atoms with Gasteiger partial charge in [0.2, 0.25) is 0 Å². The second-order valence-electron chi connectivity index (χ2n) is 8.59. The van der Waals surface area contributed by atoms with Crippen LogP contribution in [0.25, 0.3) is 0 Å². The number of aliphatic imine (C=N–C) groups is 1. The fourth-order valence-electron chi connectivity index (χ4n) is 4.89. The summed E-state index contributed by atoms with van der Waals surface area (Å²) in [5.74, 6) is 1.02. The normalized spacial score (nSPS) is 23.6. The third-order valence-electron chi connectivity index (χ3n) is 6.79. The van der Waals surface area contributed by atoms with Crippen molar-refractivity contribution in [3.8, 4) is 0 Å². The molecule has 1 aromatic rings. The fourth-order valence-corrected chi connectivity index (χ4v) is 5.23. The van der Waals surface area contributed by atoms with E-state index in [9.17, 15) is 4.79 Å². The van der Waals surface area contributed by atoms with Gasteiger partial charge in [-0.15, -0.1) is 24.0 Å². The minimum absolute atomic E-state index is 0. The van der Waals surface area contributed by atoms with E-state index in [0.717, 1.165) is 69.5 Å². The Kier molecular flexibility index (Phi) is 9.45. The van der Waals surface area contributed by atoms with Crippen LogP contribution < -0.4 is 5.32 Å². The molecule has 32 heavy (non-hydrogen) atoms. The van der Waals surface area contributed by atoms with E-state index < -0.39 is 0 Å². The Morgan fingerprint density at radius 3 is 2.47 bits per heavy atom. The van der Waals surface area contributed by atoms with Gasteiger partial charge >= 0.3 is 0 Å². The number of benzene rings is 1. The number of piperazine rings is 1. The topological polar surface area (TPSA) is 66.4 Å². The van der Waals surface area contributed by atoms with Crippen LogP contribution in [0.3, 0.4) is 0 Å². The highest BCUT2D eigenvalue weighted by atomic mass is 127. The van der Waals surface area contributed by atoms with Gasteiger partial charge in [0.05, 0.1) is 0 Å². The number of carbonyl (C=O) groups is 1. The lowest BCUT2D eigenvalue weighted by atomic mass is 9.74. The first kappa shape index (κ1) is 25.5. The molecule has 9 heteroatoms. The van der Waals surface area contributed by atoms with Crippen molar-refractivity contribution in [2.45, 2.75) is 37.2 Å². The van der Waals surface area contributed by atoms with Crippen molar-refractivity contribution in [1.82, 2.24) is 15.1 Å². The van der Waals surface area contributed by atoms with E-state index in [0.29, 0.717) is 19.7 Å². The maximum atomic E-state index is 12.6. The molecule has 1 amide bonds. The van der Waals surface area contributed by atoms with Crippen LogP contribution in [-0.4, -0.2) is 87.4 Å². The summed E-state index contributed by atoms with van der Waals surface area (Å²) >= 11 is 6.59. The van der Waals surface area contributed by atoms with Crippen molar-refractivity contribution in [2.24, 2.45) is 4.99 Å². The molecule has 1 aromatic carbocycles. The molecule has 0 aromatic heterocycles. The average Bonchev–Trinajstić information content (AvgIpc) is 3.35. The molecule has 1 N–H and O–H groups in total. The van der Waals surface area contributed by atoms with E-state index in [1.807, 2.05) is 24.1 Å². The number of nitrogens with zero attached hydrogens (tertiary/aromatic N) is 3. The summed E-state index contributed by atoms with van der Waals surface area (Å²) in [6.45, 7) is 5.84. The summed E-state index contributed by atoms with van der Waals surface area (Å²) in [6, 6.07) is 8.13. The number of amides is 1. The van der Waals surface area contributed by atoms with E-state index in [-0.39, 0.29) is 41.4 Å². The van der Waals surface area contributed by atoms with Crippen LogP contribution >= 0.6 is 35.6 Å². The molecule has 3 aliphatic heterocycles. The lowest BCUT2D eigenvalue weighted by Crippen LogP contribution is -2.56. The molecular weight excluding hydrogens is 543 g/mol. The Balaban J connectivity index is 0.00000289. The maximum absolute atomic E-state index is 12.6. The summed E-state index contributed by atoms with van der Waals surface area (Å²) in [4.78, 5) is 21.3. The third-order valence-corrected chi connectivity index (χ3v) is 7.12. The fraction of sp³-hybridized carbons (Fsp3) is 0.652. The molecule has 178 valence electrons. The van der Waals surface area contributed by atoms with Crippen LogP contribution in [0.4, 0.5) is 0 Å². The van der Waals surface area contributed by atoms with Gasteiger partial charge in [-0.1, -0.05) is 29.8 Å². The predicted molar refractivity (Wildman–Crippen MR) is 137 cm³/mol. The summed E-state index contributed by atoms with van der Waals surface area (Å²) in [5.41, 5.74) is 1.10. The van der Waals surface area contributed by atoms with Crippen molar-refractivity contribution in [1.29, 1.82) is 0 Å². The van der Waals surface area contributed by atoms with Crippen LogP contribution in [0.15, 0.2) is 29.3 Å². The Labute approximate surface area is 212 Å². The third kappa shape index (κ3) is 5.69. The van der Waals surface area contributed by atoms with Gasteiger partial charge in [0.25, 0.3) is 5.91 Å². The highest BCUT2D eigenvalue weighted by molar-refractivity contribution is 14.0. The molecule has 0 spiro atoms. The van der Waals surface area contributed by atoms with Crippen LogP contribution in [0, 0.1) is 0 Å². The predicted octanol–water partition coefficient (Wildman–Crippen LogP) is 2.90. The number of hydrogen-bond acceptors (Lipinski definition) is 4. The zero-order valence-electron chi connectivity index (χ0n) is 18.7. The average molecular weight is 577 g/mol. The van der Waals surface area contributed by atoms with Crippen molar-refractivity contribution >= 4 is 47.4 Å². The van der Waals surface area contributed by atoms with Gasteiger partial charge in [-0.2, -0.15) is 0 Å². The Morgan fingerprint density at radius 2 is 1.84 bits per heavy atom. The van der Waals surface area contributed by atoms with Crippen molar-refractivity contribution in [3.05, 3.63) is 34.9 Å². The quantitative estimate of drug-likeness (QED) is 0.339. The largest absolute Gasteiger partial charge is 0.381 e. The van der Waals surface area contributed by atoms with E-state index in [4.69, 9.17) is 21.1 Å². The molecule has 0 saturated carbocycles. The van der Waals surface area contributed by atoms with E-state index >= 15 is 0 Å². The van der Waals surface area contributed by atoms with Crippen LogP contribution in [0.5, 0.6) is 0 Å². The molecule has 3 saturated heterocycles. The van der Waals surface area contributed by atoms with Crippen molar-refractivity contribution < 1.29 is 14.3 Å². The second-order valence-corrected chi connectivity index (χ2v) is 8.99. The molecule has 1 unspecified atom stereocenters. The smallest absolute Gasteiger partial charge is 0.251 e. The van der Waals surface area contributed by atoms with Crippen molar-refractivity contribution in [3.63, 3.8) is 0 Å². The van der Waals surface area contributed by atoms with Gasteiger partial charge < -0.3 is 24.6 Å². The highest BCUT2D eigenvalue weighted by Crippen LogP contribution is 2.38. The monoisotopic (exact) mass is 576 g/mol. The minimum atomic E-state index is -0.243. The Hall–Kier alpha value is -1.10. The summed E-state index contributed by atoms with van der Waals surface area (Å²) in [7, 11) is 1.82. The lowest BCUT2D eigenvalue weighted by Gasteiger charge is -2.41. The van der Waals surface area contributed by atoms with E-state index in [1.165, 1.54) is 5.56 Å². The van der Waals surface area contributed by atoms with E-state index in [2.05, 4.69) is 27.3 Å². The molecular formula is C23H34ClIN4O3. The number of halogens is 2. The Morgan fingerprint density at radius 1 is 1.16 bits per heavy atom. The van der Waals surface area contributed by atoms with Gasteiger partial charge in [0.1, 0.15) is 6.10 Å². The zero-order valence-corrected chi connectivity index (χ0v) is 21.8. The summed E-state index contributed by atoms with van der Waals surface area (Å²) in [6.07, 6.45) is 3.42. The number of guanidine groups is 1. The van der Waals surface area contributed by atoms with Gasteiger partial charge in [-0.05, 0) is 37.3 Å². The van der Waals surface area contributed by atoms with Gasteiger partial charge in [0, 0.05) is 70.0 Å². The molecule has 3 aliphatic rings. The number of carbonyl (C=O) groups excluding carboxylic acids is 1. The molecule has 0 radical (unpaired) electrons. The van der Waals surface area contributed by atoms with Crippen molar-refractivity contribution in [2.75, 3.05) is 59.6 Å². The van der Waals surface area contributed by atoms with Crippen LogP contribution in [0.2, 0.25) is 5.02 Å². The first-order valence-corrected chi connectivity index (χ1v) is 11.7. The molecule has 3 fully saturated rings. The van der Waals surface area contributed by atoms with Gasteiger partial charge in [-0.25, -0.2) is 0 Å².